The summed E-state index contributed by atoms with van der Waals surface area (Å²) >= 11 is 0. The lowest BCUT2D eigenvalue weighted by atomic mass is 9.98. The Morgan fingerprint density at radius 1 is 1.12 bits per heavy atom. The number of rotatable bonds is 6. The number of pyridine rings is 1. The van der Waals surface area contributed by atoms with Crippen molar-refractivity contribution in [2.75, 3.05) is 40.4 Å². The van der Waals surface area contributed by atoms with Crippen molar-refractivity contribution < 1.29 is 9.47 Å². The molecule has 134 valence electrons. The Bertz CT molecular complexity index is 655. The Morgan fingerprint density at radius 2 is 2.04 bits per heavy atom. The van der Waals surface area contributed by atoms with E-state index in [-0.39, 0.29) is 6.04 Å². The van der Waals surface area contributed by atoms with Crippen molar-refractivity contribution in [1.29, 1.82) is 0 Å². The Balaban J connectivity index is 1.97. The molecule has 1 aliphatic heterocycles. The molecule has 0 radical (unpaired) electrons. The molecule has 1 saturated heterocycles. The van der Waals surface area contributed by atoms with E-state index in [1.54, 1.807) is 14.2 Å². The first-order valence-corrected chi connectivity index (χ1v) is 8.88. The van der Waals surface area contributed by atoms with Gasteiger partial charge in [-0.05, 0) is 43.3 Å². The van der Waals surface area contributed by atoms with Crippen molar-refractivity contribution in [1.82, 2.24) is 15.2 Å². The van der Waals surface area contributed by atoms with Crippen LogP contribution in [-0.4, -0.2) is 50.3 Å². The third-order valence-electron chi connectivity index (χ3n) is 4.74. The summed E-state index contributed by atoms with van der Waals surface area (Å²) in [7, 11) is 3.43. The summed E-state index contributed by atoms with van der Waals surface area (Å²) in [5.74, 6) is 1.76. The largest absolute Gasteiger partial charge is 0.497 e. The summed E-state index contributed by atoms with van der Waals surface area (Å²) < 4.78 is 11.1. The number of benzene rings is 1. The zero-order valence-corrected chi connectivity index (χ0v) is 15.1. The van der Waals surface area contributed by atoms with Gasteiger partial charge < -0.3 is 14.8 Å². The molecule has 2 heterocycles. The number of methoxy groups -OCH3 is 2. The summed E-state index contributed by atoms with van der Waals surface area (Å²) in [4.78, 5) is 7.08. The van der Waals surface area contributed by atoms with E-state index in [1.807, 2.05) is 30.5 Å². The van der Waals surface area contributed by atoms with Crippen LogP contribution in [0.4, 0.5) is 0 Å². The topological polar surface area (TPSA) is 46.6 Å². The number of hydrogen-bond donors (Lipinski definition) is 1. The SMILES string of the molecule is COc1ccc(OC)c(C(Cc2ccccn2)N2CCCNCC2)c1. The van der Waals surface area contributed by atoms with Crippen LogP contribution in [-0.2, 0) is 6.42 Å². The Morgan fingerprint density at radius 3 is 2.80 bits per heavy atom. The van der Waals surface area contributed by atoms with Gasteiger partial charge in [-0.2, -0.15) is 0 Å². The average Bonchev–Trinajstić information content (AvgIpc) is 2.96. The molecule has 1 N–H and O–H groups in total. The quantitative estimate of drug-likeness (QED) is 0.875. The summed E-state index contributed by atoms with van der Waals surface area (Å²) in [6.45, 7) is 4.15. The molecule has 0 amide bonds. The first-order chi connectivity index (χ1) is 12.3. The molecule has 2 aromatic rings. The molecular weight excluding hydrogens is 314 g/mol. The van der Waals surface area contributed by atoms with Gasteiger partial charge in [-0.3, -0.25) is 9.88 Å². The van der Waals surface area contributed by atoms with Crippen LogP contribution in [0.25, 0.3) is 0 Å². The van der Waals surface area contributed by atoms with E-state index < -0.39 is 0 Å². The second-order valence-electron chi connectivity index (χ2n) is 6.29. The lowest BCUT2D eigenvalue weighted by molar-refractivity contribution is 0.203. The highest BCUT2D eigenvalue weighted by molar-refractivity contribution is 5.43. The number of ether oxygens (including phenoxy) is 2. The number of nitrogens with zero attached hydrogens (tertiary/aromatic N) is 2. The molecule has 5 nitrogen and oxygen atoms in total. The van der Waals surface area contributed by atoms with Gasteiger partial charge in [-0.1, -0.05) is 6.07 Å². The monoisotopic (exact) mass is 341 g/mol. The zero-order chi connectivity index (χ0) is 17.5. The van der Waals surface area contributed by atoms with E-state index in [0.717, 1.165) is 61.8 Å². The molecule has 3 rings (SSSR count). The smallest absolute Gasteiger partial charge is 0.123 e. The first kappa shape index (κ1) is 17.7. The summed E-state index contributed by atoms with van der Waals surface area (Å²) in [6.07, 6.45) is 3.86. The highest BCUT2D eigenvalue weighted by atomic mass is 16.5. The Kier molecular flexibility index (Phi) is 6.25. The van der Waals surface area contributed by atoms with E-state index in [9.17, 15) is 0 Å². The van der Waals surface area contributed by atoms with Crippen LogP contribution in [0.2, 0.25) is 0 Å². The van der Waals surface area contributed by atoms with Crippen LogP contribution in [0.3, 0.4) is 0 Å². The van der Waals surface area contributed by atoms with Gasteiger partial charge in [-0.15, -0.1) is 0 Å². The minimum absolute atomic E-state index is 0.208. The molecule has 1 aromatic heterocycles. The normalized spacial score (nSPS) is 16.9. The Hall–Kier alpha value is -2.11. The number of aromatic nitrogens is 1. The van der Waals surface area contributed by atoms with Gasteiger partial charge in [0.05, 0.1) is 14.2 Å². The minimum atomic E-state index is 0.208. The maximum Gasteiger partial charge on any atom is 0.123 e. The molecule has 0 aliphatic carbocycles. The fourth-order valence-electron chi connectivity index (χ4n) is 3.43. The lowest BCUT2D eigenvalue weighted by Crippen LogP contribution is -2.34. The maximum atomic E-state index is 5.67. The second kappa shape index (κ2) is 8.83. The van der Waals surface area contributed by atoms with Crippen LogP contribution in [0.15, 0.2) is 42.6 Å². The van der Waals surface area contributed by atoms with Crippen LogP contribution >= 0.6 is 0 Å². The fraction of sp³-hybridized carbons (Fsp3) is 0.450. The van der Waals surface area contributed by atoms with Crippen LogP contribution < -0.4 is 14.8 Å². The van der Waals surface area contributed by atoms with Gasteiger partial charge in [0.25, 0.3) is 0 Å². The van der Waals surface area contributed by atoms with Crippen molar-refractivity contribution in [3.63, 3.8) is 0 Å². The van der Waals surface area contributed by atoms with Gasteiger partial charge >= 0.3 is 0 Å². The fourth-order valence-corrected chi connectivity index (χ4v) is 3.43. The highest BCUT2D eigenvalue weighted by Gasteiger charge is 2.25. The molecule has 1 unspecified atom stereocenters. The third kappa shape index (κ3) is 4.50. The summed E-state index contributed by atoms with van der Waals surface area (Å²) in [5.41, 5.74) is 2.25. The van der Waals surface area contributed by atoms with Gasteiger partial charge in [0.1, 0.15) is 11.5 Å². The summed E-state index contributed by atoms with van der Waals surface area (Å²) in [6, 6.07) is 12.4. The molecular formula is C20H27N3O2. The first-order valence-electron chi connectivity index (χ1n) is 8.88. The molecule has 25 heavy (non-hydrogen) atoms. The number of hydrogen-bond acceptors (Lipinski definition) is 5. The molecule has 1 atom stereocenters. The van der Waals surface area contributed by atoms with Crippen molar-refractivity contribution in [3.05, 3.63) is 53.9 Å². The molecule has 1 aliphatic rings. The van der Waals surface area contributed by atoms with Crippen molar-refractivity contribution in [3.8, 4) is 11.5 Å². The van der Waals surface area contributed by atoms with Gasteiger partial charge in [0.15, 0.2) is 0 Å². The Labute approximate surface area is 150 Å². The summed E-state index contributed by atoms with van der Waals surface area (Å²) in [5, 5.41) is 3.49. The predicted molar refractivity (Wildman–Crippen MR) is 99.3 cm³/mol. The van der Waals surface area contributed by atoms with Crippen molar-refractivity contribution in [2.24, 2.45) is 0 Å². The van der Waals surface area contributed by atoms with Crippen LogP contribution in [0.1, 0.15) is 23.7 Å². The standard InChI is InChI=1S/C20H27N3O2/c1-24-17-7-8-20(25-2)18(15-17)19(14-16-6-3-4-10-22-16)23-12-5-9-21-11-13-23/h3-4,6-8,10,15,19,21H,5,9,11-14H2,1-2H3. The maximum absolute atomic E-state index is 5.67. The molecule has 1 aromatic carbocycles. The number of nitrogens with one attached hydrogen (secondary N) is 1. The second-order valence-corrected chi connectivity index (χ2v) is 6.29. The molecule has 0 saturated carbocycles. The minimum Gasteiger partial charge on any atom is -0.497 e. The van der Waals surface area contributed by atoms with E-state index in [4.69, 9.17) is 9.47 Å². The van der Waals surface area contributed by atoms with E-state index in [0.29, 0.717) is 0 Å². The van der Waals surface area contributed by atoms with Crippen LogP contribution in [0, 0.1) is 0 Å². The lowest BCUT2D eigenvalue weighted by Gasteiger charge is -2.32. The van der Waals surface area contributed by atoms with Crippen LogP contribution in [0.5, 0.6) is 11.5 Å². The predicted octanol–water partition coefficient (Wildman–Crippen LogP) is 2.68. The van der Waals surface area contributed by atoms with Gasteiger partial charge in [0, 0.05) is 49.6 Å². The van der Waals surface area contributed by atoms with Gasteiger partial charge in [0.2, 0.25) is 0 Å². The van der Waals surface area contributed by atoms with Crippen molar-refractivity contribution in [2.45, 2.75) is 18.9 Å². The molecule has 5 heteroatoms. The molecule has 1 fully saturated rings. The van der Waals surface area contributed by atoms with E-state index in [1.165, 1.54) is 0 Å². The average molecular weight is 341 g/mol. The van der Waals surface area contributed by atoms with E-state index in [2.05, 4.69) is 27.3 Å². The molecule has 0 bridgehead atoms. The highest BCUT2D eigenvalue weighted by Crippen LogP contribution is 2.35. The van der Waals surface area contributed by atoms with E-state index >= 15 is 0 Å². The molecule has 0 spiro atoms. The van der Waals surface area contributed by atoms with Gasteiger partial charge in [-0.25, -0.2) is 0 Å². The third-order valence-corrected chi connectivity index (χ3v) is 4.74. The van der Waals surface area contributed by atoms with Crippen molar-refractivity contribution >= 4 is 0 Å². The zero-order valence-electron chi connectivity index (χ0n) is 15.1.